The Bertz CT molecular complexity index is 942. The fraction of sp³-hybridized carbons (Fsp3) is 0.375. The molecule has 0 aliphatic rings. The van der Waals surface area contributed by atoms with Gasteiger partial charge in [0.1, 0.15) is 5.75 Å². The highest BCUT2D eigenvalue weighted by molar-refractivity contribution is 9.10. The highest BCUT2D eigenvalue weighted by Gasteiger charge is 2.15. The number of carbonyl (C=O) groups is 2. The molecule has 2 rings (SSSR count). The van der Waals surface area contributed by atoms with E-state index in [1.807, 2.05) is 18.7 Å². The molecule has 2 aromatic carbocycles. The smallest absolute Gasteiger partial charge is 0.257 e. The van der Waals surface area contributed by atoms with Gasteiger partial charge in [0.2, 0.25) is 0 Å². The second-order valence-electron chi connectivity index (χ2n) is 7.59. The highest BCUT2D eigenvalue weighted by atomic mass is 79.9. The molecule has 0 unspecified atom stereocenters. The Labute approximate surface area is 203 Å². The number of halogens is 1. The van der Waals surface area contributed by atoms with Crippen molar-refractivity contribution in [3.63, 3.8) is 0 Å². The molecule has 0 fully saturated rings. The number of carbonyl (C=O) groups excluding carboxylic acids is 2. The van der Waals surface area contributed by atoms with Gasteiger partial charge in [0.25, 0.3) is 11.8 Å². The second kappa shape index (κ2) is 12.6. The molecular weight excluding hydrogens is 490 g/mol. The van der Waals surface area contributed by atoms with Gasteiger partial charge in [0, 0.05) is 29.9 Å². The highest BCUT2D eigenvalue weighted by Crippen LogP contribution is 2.27. The first kappa shape index (κ1) is 25.8. The van der Waals surface area contributed by atoms with Crippen molar-refractivity contribution in [2.45, 2.75) is 46.6 Å². The molecule has 172 valence electrons. The molecule has 0 aromatic heterocycles. The van der Waals surface area contributed by atoms with Crippen LogP contribution in [0.4, 0.5) is 5.69 Å². The van der Waals surface area contributed by atoms with Gasteiger partial charge < -0.3 is 15.0 Å². The maximum atomic E-state index is 12.7. The van der Waals surface area contributed by atoms with Crippen molar-refractivity contribution in [3.8, 4) is 5.75 Å². The normalized spacial score (nSPS) is 10.6. The Kier molecular flexibility index (Phi) is 10.1. The first-order valence-corrected chi connectivity index (χ1v) is 11.9. The number of hydrogen-bond donors (Lipinski definition) is 2. The Balaban J connectivity index is 1.97. The Morgan fingerprint density at radius 1 is 1.03 bits per heavy atom. The minimum Gasteiger partial charge on any atom is -0.490 e. The third-order valence-corrected chi connectivity index (χ3v) is 5.27. The molecule has 8 heteroatoms. The average molecular weight is 520 g/mol. The minimum atomic E-state index is -0.333. The van der Waals surface area contributed by atoms with E-state index in [2.05, 4.69) is 40.4 Å². The fourth-order valence-electron chi connectivity index (χ4n) is 3.06. The second-order valence-corrected chi connectivity index (χ2v) is 8.85. The van der Waals surface area contributed by atoms with Crippen LogP contribution in [0.5, 0.6) is 5.75 Å². The molecule has 2 amide bonds. The van der Waals surface area contributed by atoms with Crippen LogP contribution in [0.15, 0.2) is 46.9 Å². The van der Waals surface area contributed by atoms with Crippen molar-refractivity contribution >= 4 is 50.8 Å². The molecule has 0 heterocycles. The van der Waals surface area contributed by atoms with Crippen LogP contribution < -0.4 is 15.4 Å². The van der Waals surface area contributed by atoms with Crippen molar-refractivity contribution in [1.82, 2.24) is 10.2 Å². The van der Waals surface area contributed by atoms with E-state index in [-0.39, 0.29) is 23.0 Å². The third-order valence-electron chi connectivity index (χ3n) is 4.45. The first-order valence-electron chi connectivity index (χ1n) is 10.7. The summed E-state index contributed by atoms with van der Waals surface area (Å²) < 4.78 is 6.36. The molecule has 0 spiro atoms. The number of rotatable bonds is 9. The van der Waals surface area contributed by atoms with Gasteiger partial charge in [-0.1, -0.05) is 13.8 Å². The topological polar surface area (TPSA) is 70.7 Å². The lowest BCUT2D eigenvalue weighted by Crippen LogP contribution is -2.34. The van der Waals surface area contributed by atoms with Crippen LogP contribution in [0.2, 0.25) is 0 Å². The lowest BCUT2D eigenvalue weighted by atomic mass is 10.1. The summed E-state index contributed by atoms with van der Waals surface area (Å²) in [5, 5.41) is 5.82. The maximum absolute atomic E-state index is 12.7. The fourth-order valence-corrected chi connectivity index (χ4v) is 3.75. The van der Waals surface area contributed by atoms with Gasteiger partial charge >= 0.3 is 0 Å². The number of ether oxygens (including phenoxy) is 1. The van der Waals surface area contributed by atoms with Gasteiger partial charge in [-0.2, -0.15) is 0 Å². The average Bonchev–Trinajstić information content (AvgIpc) is 2.74. The summed E-state index contributed by atoms with van der Waals surface area (Å²) in [6, 6.07) is 12.2. The zero-order valence-corrected chi connectivity index (χ0v) is 21.3. The van der Waals surface area contributed by atoms with Crippen molar-refractivity contribution in [2.24, 2.45) is 0 Å². The zero-order chi connectivity index (χ0) is 23.7. The zero-order valence-electron chi connectivity index (χ0n) is 18.9. The number of nitrogens with zero attached hydrogens (tertiary/aromatic N) is 1. The number of thiocarbonyl (C=S) groups is 1. The van der Waals surface area contributed by atoms with Crippen LogP contribution in [-0.4, -0.2) is 41.0 Å². The van der Waals surface area contributed by atoms with Gasteiger partial charge in [0.05, 0.1) is 10.6 Å². The van der Waals surface area contributed by atoms with Crippen molar-refractivity contribution in [2.75, 3.05) is 18.4 Å². The molecule has 0 saturated carbocycles. The van der Waals surface area contributed by atoms with E-state index in [1.54, 1.807) is 42.5 Å². The molecule has 0 aliphatic heterocycles. The Hall–Kier alpha value is -2.45. The van der Waals surface area contributed by atoms with Gasteiger partial charge in [-0.25, -0.2) is 0 Å². The number of hydrogen-bond acceptors (Lipinski definition) is 4. The van der Waals surface area contributed by atoms with E-state index >= 15 is 0 Å². The number of anilines is 1. The molecular formula is C24H30BrN3O3S. The molecule has 32 heavy (non-hydrogen) atoms. The monoisotopic (exact) mass is 519 g/mol. The molecule has 2 N–H and O–H groups in total. The lowest BCUT2D eigenvalue weighted by Gasteiger charge is -2.21. The van der Waals surface area contributed by atoms with Crippen LogP contribution in [0.1, 0.15) is 61.3 Å². The van der Waals surface area contributed by atoms with Crippen molar-refractivity contribution in [1.29, 1.82) is 0 Å². The maximum Gasteiger partial charge on any atom is 0.257 e. The standard InChI is InChI=1S/C24H30BrN3O3S/c1-5-13-28(14-6-2)23(30)17-7-10-19(11-8-17)26-24(32)27-22(29)18-9-12-21(20(25)15-18)31-16(3)4/h7-12,15-16H,5-6,13-14H2,1-4H3,(H2,26,27,29,32). The summed E-state index contributed by atoms with van der Waals surface area (Å²) in [4.78, 5) is 27.1. The van der Waals surface area contributed by atoms with Crippen LogP contribution in [0.25, 0.3) is 0 Å². The molecule has 0 bridgehead atoms. The van der Waals surface area contributed by atoms with E-state index in [0.717, 1.165) is 25.9 Å². The molecule has 0 aliphatic carbocycles. The van der Waals surface area contributed by atoms with E-state index < -0.39 is 0 Å². The van der Waals surface area contributed by atoms with E-state index in [4.69, 9.17) is 17.0 Å². The van der Waals surface area contributed by atoms with Crippen LogP contribution in [0.3, 0.4) is 0 Å². The number of amides is 2. The van der Waals surface area contributed by atoms with E-state index in [1.165, 1.54) is 0 Å². The lowest BCUT2D eigenvalue weighted by molar-refractivity contribution is 0.0755. The third kappa shape index (κ3) is 7.60. The molecule has 0 saturated heterocycles. The molecule has 6 nitrogen and oxygen atoms in total. The summed E-state index contributed by atoms with van der Waals surface area (Å²) in [6.07, 6.45) is 1.87. The number of nitrogens with one attached hydrogen (secondary N) is 2. The van der Waals surface area contributed by atoms with Gasteiger partial charge in [-0.15, -0.1) is 0 Å². The summed E-state index contributed by atoms with van der Waals surface area (Å²) in [7, 11) is 0. The van der Waals surface area contributed by atoms with Crippen molar-refractivity contribution in [3.05, 3.63) is 58.1 Å². The van der Waals surface area contributed by atoms with E-state index in [9.17, 15) is 9.59 Å². The summed E-state index contributed by atoms with van der Waals surface area (Å²) in [6.45, 7) is 9.47. The molecule has 0 radical (unpaired) electrons. The van der Waals surface area contributed by atoms with Crippen molar-refractivity contribution < 1.29 is 14.3 Å². The number of benzene rings is 2. The van der Waals surface area contributed by atoms with Crippen LogP contribution in [-0.2, 0) is 0 Å². The Morgan fingerprint density at radius 2 is 1.62 bits per heavy atom. The SMILES string of the molecule is CCCN(CCC)C(=O)c1ccc(NC(=S)NC(=O)c2ccc(OC(C)C)c(Br)c2)cc1. The van der Waals surface area contributed by atoms with Crippen LogP contribution in [0, 0.1) is 0 Å². The molecule has 2 aromatic rings. The van der Waals surface area contributed by atoms with Crippen LogP contribution >= 0.6 is 28.1 Å². The predicted octanol–water partition coefficient (Wildman–Crippen LogP) is 5.63. The van der Waals surface area contributed by atoms with Gasteiger partial charge in [-0.3, -0.25) is 14.9 Å². The largest absolute Gasteiger partial charge is 0.490 e. The van der Waals surface area contributed by atoms with Gasteiger partial charge in [-0.05, 0) is 97.3 Å². The summed E-state index contributed by atoms with van der Waals surface area (Å²) in [5.41, 5.74) is 1.76. The molecule has 0 atom stereocenters. The summed E-state index contributed by atoms with van der Waals surface area (Å²) >= 11 is 8.70. The quantitative estimate of drug-likeness (QED) is 0.420. The predicted molar refractivity (Wildman–Crippen MR) is 137 cm³/mol. The Morgan fingerprint density at radius 3 is 2.16 bits per heavy atom. The first-order chi connectivity index (χ1) is 15.2. The summed E-state index contributed by atoms with van der Waals surface area (Å²) in [5.74, 6) is 0.357. The van der Waals surface area contributed by atoms with E-state index in [0.29, 0.717) is 27.0 Å². The van der Waals surface area contributed by atoms with Gasteiger partial charge in [0.15, 0.2) is 5.11 Å². The minimum absolute atomic E-state index is 0.0200.